The molecule has 0 aliphatic carbocycles. The van der Waals surface area contributed by atoms with Crippen molar-refractivity contribution in [2.24, 2.45) is 0 Å². The molecule has 6 nitrogen and oxygen atoms in total. The van der Waals surface area contributed by atoms with Crippen molar-refractivity contribution in [3.8, 4) is 23.0 Å². The molecular weight excluding hydrogens is 415 g/mol. The molecule has 0 saturated heterocycles. The normalized spacial score (nSPS) is 9.37. The number of hydrogen-bond donors (Lipinski definition) is 2. The third kappa shape index (κ3) is 6.64. The Morgan fingerprint density at radius 2 is 1.07 bits per heavy atom. The maximum Gasteiger partial charge on any atom is 0.488 e. The second-order valence-electron chi connectivity index (χ2n) is 5.39. The fourth-order valence-corrected chi connectivity index (χ4v) is 2.55. The third-order valence-electron chi connectivity index (χ3n) is 3.72. The molecule has 2 aromatic carbocycles. The molecule has 2 N–H and O–H groups in total. The summed E-state index contributed by atoms with van der Waals surface area (Å²) >= 11 is 3.41. The molecule has 2 aromatic rings. The van der Waals surface area contributed by atoms with Crippen LogP contribution in [0.25, 0.3) is 0 Å². The van der Waals surface area contributed by atoms with Gasteiger partial charge in [-0.25, -0.2) is 0 Å². The van der Waals surface area contributed by atoms with E-state index in [0.29, 0.717) is 17.0 Å². The first-order valence-corrected chi connectivity index (χ1v) is 8.55. The minimum absolute atomic E-state index is 0. The van der Waals surface area contributed by atoms with E-state index in [2.05, 4.69) is 15.9 Å². The van der Waals surface area contributed by atoms with Crippen molar-refractivity contribution in [1.29, 1.82) is 0 Å². The van der Waals surface area contributed by atoms with E-state index in [1.807, 2.05) is 19.1 Å². The molecule has 0 heterocycles. The highest BCUT2D eigenvalue weighted by atomic mass is 79.9. The van der Waals surface area contributed by atoms with E-state index in [9.17, 15) is 0 Å². The van der Waals surface area contributed by atoms with Gasteiger partial charge in [-0.1, -0.05) is 23.4 Å². The molecule has 0 aliphatic heterocycles. The minimum Gasteiger partial charge on any atom is -0.493 e. The van der Waals surface area contributed by atoms with Crippen molar-refractivity contribution in [3.05, 3.63) is 39.9 Å². The van der Waals surface area contributed by atoms with Crippen molar-refractivity contribution in [1.82, 2.24) is 0 Å². The van der Waals surface area contributed by atoms with Crippen LogP contribution >= 0.6 is 15.9 Å². The molecule has 0 aromatic heterocycles. The molecule has 0 spiro atoms. The molecule has 0 bridgehead atoms. The molecule has 0 amide bonds. The Labute approximate surface area is 170 Å². The highest BCUT2D eigenvalue weighted by Gasteiger charge is 2.17. The highest BCUT2D eigenvalue weighted by molar-refractivity contribution is 9.10. The van der Waals surface area contributed by atoms with Gasteiger partial charge in [0.05, 0.1) is 28.4 Å². The lowest BCUT2D eigenvalue weighted by Gasteiger charge is -2.11. The number of hydrogen-bond acceptors (Lipinski definition) is 6. The smallest absolute Gasteiger partial charge is 0.488 e. The first kappa shape index (κ1) is 25.1. The largest absolute Gasteiger partial charge is 0.493 e. The summed E-state index contributed by atoms with van der Waals surface area (Å²) in [5.74, 6) is 2.57. The molecule has 0 aliphatic rings. The van der Waals surface area contributed by atoms with Gasteiger partial charge in [0.1, 0.15) is 0 Å². The van der Waals surface area contributed by atoms with E-state index in [0.717, 1.165) is 27.1 Å². The Morgan fingerprint density at radius 1 is 0.704 bits per heavy atom. The van der Waals surface area contributed by atoms with Gasteiger partial charge in [-0.15, -0.1) is 0 Å². The number of aryl methyl sites for hydroxylation is 2. The van der Waals surface area contributed by atoms with Crippen LogP contribution in [-0.4, -0.2) is 45.6 Å². The van der Waals surface area contributed by atoms with Crippen LogP contribution in [0.1, 0.15) is 18.6 Å². The summed E-state index contributed by atoms with van der Waals surface area (Å²) in [6.07, 6.45) is 0. The topological polar surface area (TPSA) is 77.4 Å². The van der Waals surface area contributed by atoms with E-state index >= 15 is 0 Å². The highest BCUT2D eigenvalue weighted by Crippen LogP contribution is 2.32. The Bertz CT molecular complexity index is 708. The van der Waals surface area contributed by atoms with Crippen LogP contribution in [0.3, 0.4) is 0 Å². The molecule has 150 valence electrons. The van der Waals surface area contributed by atoms with Crippen LogP contribution < -0.4 is 24.4 Å². The molecule has 0 unspecified atom stereocenters. The number of benzene rings is 2. The van der Waals surface area contributed by atoms with Gasteiger partial charge in [-0.05, 0) is 54.7 Å². The van der Waals surface area contributed by atoms with Crippen LogP contribution in [0.15, 0.2) is 28.7 Å². The fraction of sp³-hybridized carbons (Fsp3) is 0.368. The Hall–Kier alpha value is -1.90. The van der Waals surface area contributed by atoms with Gasteiger partial charge < -0.3 is 29.0 Å². The second-order valence-corrected chi connectivity index (χ2v) is 6.25. The van der Waals surface area contributed by atoms with Gasteiger partial charge in [0, 0.05) is 4.47 Å². The lowest BCUT2D eigenvalue weighted by atomic mass is 9.77. The van der Waals surface area contributed by atoms with Crippen molar-refractivity contribution in [2.45, 2.75) is 21.3 Å². The van der Waals surface area contributed by atoms with Crippen molar-refractivity contribution in [3.63, 3.8) is 0 Å². The van der Waals surface area contributed by atoms with Crippen LogP contribution in [0.2, 0.25) is 0 Å². The third-order valence-corrected chi connectivity index (χ3v) is 4.57. The summed E-state index contributed by atoms with van der Waals surface area (Å²) in [6, 6.07) is 7.09. The summed E-state index contributed by atoms with van der Waals surface area (Å²) in [6.45, 7) is 3.78. The minimum atomic E-state index is -1.49. The zero-order valence-electron chi connectivity index (χ0n) is 15.8. The Kier molecular flexibility index (Phi) is 10.9. The summed E-state index contributed by atoms with van der Waals surface area (Å²) in [5, 5.41) is 18.1. The van der Waals surface area contributed by atoms with Gasteiger partial charge in [0.25, 0.3) is 0 Å². The van der Waals surface area contributed by atoms with E-state index in [-0.39, 0.29) is 7.43 Å². The predicted octanol–water partition coefficient (Wildman–Crippen LogP) is 3.10. The second kappa shape index (κ2) is 11.7. The first-order chi connectivity index (χ1) is 12.3. The van der Waals surface area contributed by atoms with E-state index in [4.69, 9.17) is 29.0 Å². The average molecular weight is 443 g/mol. The monoisotopic (exact) mass is 442 g/mol. The molecule has 8 heteroatoms. The molecular formula is C19H28BBrO6. The van der Waals surface area contributed by atoms with Crippen molar-refractivity contribution >= 4 is 28.5 Å². The molecule has 0 atom stereocenters. The van der Waals surface area contributed by atoms with Gasteiger partial charge in [0.2, 0.25) is 0 Å². The molecule has 0 saturated carbocycles. The van der Waals surface area contributed by atoms with Crippen molar-refractivity contribution in [2.75, 3.05) is 28.4 Å². The summed E-state index contributed by atoms with van der Waals surface area (Å²) in [5.41, 5.74) is 2.30. The molecule has 27 heavy (non-hydrogen) atoms. The Balaban J connectivity index is 0.000000488. The predicted molar refractivity (Wildman–Crippen MR) is 113 cm³/mol. The number of halogens is 1. The maximum absolute atomic E-state index is 9.05. The number of rotatable bonds is 5. The van der Waals surface area contributed by atoms with E-state index < -0.39 is 7.12 Å². The average Bonchev–Trinajstić information content (AvgIpc) is 2.63. The summed E-state index contributed by atoms with van der Waals surface area (Å²) < 4.78 is 21.4. The van der Waals surface area contributed by atoms with Crippen LogP contribution in [0.4, 0.5) is 0 Å². The lowest BCUT2D eigenvalue weighted by Crippen LogP contribution is -2.32. The van der Waals surface area contributed by atoms with Crippen molar-refractivity contribution < 1.29 is 29.0 Å². The summed E-state index contributed by atoms with van der Waals surface area (Å²) in [7, 11) is 4.80. The molecule has 2 rings (SSSR count). The maximum atomic E-state index is 9.05. The van der Waals surface area contributed by atoms with E-state index in [1.165, 1.54) is 14.2 Å². The Morgan fingerprint density at radius 3 is 1.48 bits per heavy atom. The standard InChI is InChI=1S/C9H13BO4.C9H11BrO2.CH4/c1-6-4-8(13-2)9(14-3)5-7(6)10(11)12;1-6-4-8(11-2)9(12-3)5-7(6)10;/h4-5,11-12H,1-3H3;4-5H,1-3H3;1H4. The SMILES string of the molecule is C.COc1cc(C)c(B(O)O)cc1OC.COc1cc(C)c(Br)cc1OC. The van der Waals surface area contributed by atoms with Gasteiger partial charge in [-0.3, -0.25) is 0 Å². The van der Waals surface area contributed by atoms with Crippen LogP contribution in [0, 0.1) is 13.8 Å². The zero-order valence-corrected chi connectivity index (χ0v) is 17.4. The first-order valence-electron chi connectivity index (χ1n) is 7.75. The fourth-order valence-electron chi connectivity index (χ4n) is 2.23. The number of methoxy groups -OCH3 is 4. The van der Waals surface area contributed by atoms with E-state index in [1.54, 1.807) is 33.3 Å². The number of ether oxygens (including phenoxy) is 4. The molecule has 0 radical (unpaired) electrons. The summed E-state index contributed by atoms with van der Waals surface area (Å²) in [4.78, 5) is 0. The quantitative estimate of drug-likeness (QED) is 0.692. The molecule has 0 fully saturated rings. The van der Waals surface area contributed by atoms with Crippen LogP contribution in [-0.2, 0) is 0 Å². The van der Waals surface area contributed by atoms with Crippen LogP contribution in [0.5, 0.6) is 23.0 Å². The van der Waals surface area contributed by atoms with Gasteiger partial charge >= 0.3 is 7.12 Å². The van der Waals surface area contributed by atoms with Gasteiger partial charge in [0.15, 0.2) is 23.0 Å². The lowest BCUT2D eigenvalue weighted by molar-refractivity contribution is 0.354. The zero-order chi connectivity index (χ0) is 19.9. The van der Waals surface area contributed by atoms with Gasteiger partial charge in [-0.2, -0.15) is 0 Å².